The molecule has 1 saturated heterocycles. The van der Waals surface area contributed by atoms with Gasteiger partial charge in [-0.3, -0.25) is 4.98 Å². The van der Waals surface area contributed by atoms with Gasteiger partial charge in [0.05, 0.1) is 10.6 Å². The summed E-state index contributed by atoms with van der Waals surface area (Å²) in [6.07, 6.45) is 1.72. The molecule has 1 aliphatic rings. The van der Waals surface area contributed by atoms with Gasteiger partial charge in [0.15, 0.2) is 0 Å². The number of nitrogens with one attached hydrogen (secondary N) is 1. The van der Waals surface area contributed by atoms with Crippen LogP contribution in [-0.2, 0) is 10.0 Å². The van der Waals surface area contributed by atoms with Gasteiger partial charge in [-0.25, -0.2) is 8.42 Å². The van der Waals surface area contributed by atoms with E-state index in [0.717, 1.165) is 11.3 Å². The van der Waals surface area contributed by atoms with Gasteiger partial charge in [0, 0.05) is 37.9 Å². The van der Waals surface area contributed by atoms with E-state index in [-0.39, 0.29) is 0 Å². The molecule has 0 amide bonds. The Bertz CT molecular complexity index is 693. The normalized spacial score (nSPS) is 16.8. The third-order valence-electron chi connectivity index (χ3n) is 3.53. The quantitative estimate of drug-likeness (QED) is 0.929. The molecule has 3 rings (SSSR count). The number of piperazine rings is 1. The molecule has 1 aromatic carbocycles. The van der Waals surface area contributed by atoms with E-state index in [1.807, 2.05) is 18.2 Å². The lowest BCUT2D eigenvalue weighted by atomic mass is 10.1. The highest BCUT2D eigenvalue weighted by Gasteiger charge is 2.25. The first-order valence-electron chi connectivity index (χ1n) is 6.90. The molecule has 1 aliphatic heterocycles. The summed E-state index contributed by atoms with van der Waals surface area (Å²) in [7, 11) is -3.39. The first-order valence-corrected chi connectivity index (χ1v) is 8.34. The molecular formula is C15H17N3O2S. The molecule has 0 atom stereocenters. The van der Waals surface area contributed by atoms with Crippen LogP contribution in [0.3, 0.4) is 0 Å². The van der Waals surface area contributed by atoms with Gasteiger partial charge in [0.2, 0.25) is 10.0 Å². The third kappa shape index (κ3) is 2.97. The van der Waals surface area contributed by atoms with Crippen LogP contribution in [0, 0.1) is 0 Å². The predicted molar refractivity (Wildman–Crippen MR) is 81.3 cm³/mol. The maximum atomic E-state index is 12.5. The molecular weight excluding hydrogens is 286 g/mol. The zero-order valence-electron chi connectivity index (χ0n) is 11.6. The Balaban J connectivity index is 1.87. The number of benzene rings is 1. The standard InChI is InChI=1S/C15H17N3O2S/c19-21(20,18-11-9-16-10-12-18)14-6-4-13(5-7-14)15-3-1-2-8-17-15/h1-8,16H,9-12H2. The number of hydrogen-bond acceptors (Lipinski definition) is 4. The van der Waals surface area contributed by atoms with E-state index in [1.165, 1.54) is 4.31 Å². The zero-order valence-corrected chi connectivity index (χ0v) is 12.4. The monoisotopic (exact) mass is 303 g/mol. The van der Waals surface area contributed by atoms with E-state index in [1.54, 1.807) is 30.5 Å². The van der Waals surface area contributed by atoms with Crippen LogP contribution in [0.1, 0.15) is 0 Å². The fraction of sp³-hybridized carbons (Fsp3) is 0.267. The van der Waals surface area contributed by atoms with Crippen LogP contribution in [-0.4, -0.2) is 43.9 Å². The number of pyridine rings is 1. The number of hydrogen-bond donors (Lipinski definition) is 1. The summed E-state index contributed by atoms with van der Waals surface area (Å²) in [4.78, 5) is 4.60. The molecule has 110 valence electrons. The molecule has 0 aliphatic carbocycles. The average Bonchev–Trinajstić information content (AvgIpc) is 2.57. The van der Waals surface area contributed by atoms with Gasteiger partial charge in [-0.05, 0) is 24.3 Å². The molecule has 21 heavy (non-hydrogen) atoms. The molecule has 0 saturated carbocycles. The highest BCUT2D eigenvalue weighted by molar-refractivity contribution is 7.89. The second-order valence-electron chi connectivity index (χ2n) is 4.89. The predicted octanol–water partition coefficient (Wildman–Crippen LogP) is 1.34. The van der Waals surface area contributed by atoms with Crippen molar-refractivity contribution in [3.63, 3.8) is 0 Å². The van der Waals surface area contributed by atoms with E-state index in [2.05, 4.69) is 10.3 Å². The number of sulfonamides is 1. The average molecular weight is 303 g/mol. The molecule has 1 aromatic heterocycles. The number of nitrogens with zero attached hydrogens (tertiary/aromatic N) is 2. The summed E-state index contributed by atoms with van der Waals surface area (Å²) in [6, 6.07) is 12.6. The summed E-state index contributed by atoms with van der Waals surface area (Å²) in [5, 5.41) is 3.15. The Hall–Kier alpha value is -1.76. The Morgan fingerprint density at radius 2 is 1.71 bits per heavy atom. The van der Waals surface area contributed by atoms with Gasteiger partial charge >= 0.3 is 0 Å². The van der Waals surface area contributed by atoms with E-state index >= 15 is 0 Å². The van der Waals surface area contributed by atoms with Gasteiger partial charge in [-0.15, -0.1) is 0 Å². The fourth-order valence-corrected chi connectivity index (χ4v) is 3.81. The number of rotatable bonds is 3. The van der Waals surface area contributed by atoms with Crippen molar-refractivity contribution in [2.75, 3.05) is 26.2 Å². The van der Waals surface area contributed by atoms with Crippen molar-refractivity contribution in [2.45, 2.75) is 4.90 Å². The second-order valence-corrected chi connectivity index (χ2v) is 6.83. The van der Waals surface area contributed by atoms with Crippen LogP contribution < -0.4 is 5.32 Å². The van der Waals surface area contributed by atoms with Crippen molar-refractivity contribution in [1.82, 2.24) is 14.6 Å². The van der Waals surface area contributed by atoms with Crippen LogP contribution in [0.2, 0.25) is 0 Å². The largest absolute Gasteiger partial charge is 0.314 e. The highest BCUT2D eigenvalue weighted by Crippen LogP contribution is 2.21. The van der Waals surface area contributed by atoms with Crippen LogP contribution >= 0.6 is 0 Å². The molecule has 0 spiro atoms. The minimum atomic E-state index is -3.39. The molecule has 6 heteroatoms. The highest BCUT2D eigenvalue weighted by atomic mass is 32.2. The molecule has 0 bridgehead atoms. The second kappa shape index (κ2) is 5.93. The van der Waals surface area contributed by atoms with Crippen molar-refractivity contribution in [3.05, 3.63) is 48.7 Å². The van der Waals surface area contributed by atoms with Crippen LogP contribution in [0.15, 0.2) is 53.6 Å². The molecule has 0 radical (unpaired) electrons. The van der Waals surface area contributed by atoms with E-state index in [4.69, 9.17) is 0 Å². The van der Waals surface area contributed by atoms with Crippen LogP contribution in [0.25, 0.3) is 11.3 Å². The SMILES string of the molecule is O=S(=O)(c1ccc(-c2ccccn2)cc1)N1CCNCC1. The van der Waals surface area contributed by atoms with Crippen molar-refractivity contribution >= 4 is 10.0 Å². The lowest BCUT2D eigenvalue weighted by Gasteiger charge is -2.26. The lowest BCUT2D eigenvalue weighted by molar-refractivity contribution is 0.360. The van der Waals surface area contributed by atoms with Gasteiger partial charge in [0.25, 0.3) is 0 Å². The molecule has 5 nitrogen and oxygen atoms in total. The van der Waals surface area contributed by atoms with E-state index in [9.17, 15) is 8.42 Å². The Kier molecular flexibility index (Phi) is 4.01. The van der Waals surface area contributed by atoms with Crippen molar-refractivity contribution < 1.29 is 8.42 Å². The molecule has 2 aromatic rings. The first kappa shape index (κ1) is 14.2. The lowest BCUT2D eigenvalue weighted by Crippen LogP contribution is -2.46. The smallest absolute Gasteiger partial charge is 0.243 e. The Labute approximate surface area is 124 Å². The molecule has 0 unspecified atom stereocenters. The Morgan fingerprint density at radius 3 is 2.33 bits per heavy atom. The maximum absolute atomic E-state index is 12.5. The van der Waals surface area contributed by atoms with Gasteiger partial charge in [-0.2, -0.15) is 4.31 Å². The number of aromatic nitrogens is 1. The van der Waals surface area contributed by atoms with Crippen LogP contribution in [0.5, 0.6) is 0 Å². The van der Waals surface area contributed by atoms with Gasteiger partial charge in [0.1, 0.15) is 0 Å². The van der Waals surface area contributed by atoms with Crippen molar-refractivity contribution in [1.29, 1.82) is 0 Å². The summed E-state index contributed by atoms with van der Waals surface area (Å²) < 4.78 is 26.6. The summed E-state index contributed by atoms with van der Waals surface area (Å²) >= 11 is 0. The fourth-order valence-electron chi connectivity index (χ4n) is 2.36. The molecule has 1 fully saturated rings. The van der Waals surface area contributed by atoms with Crippen molar-refractivity contribution in [3.8, 4) is 11.3 Å². The first-order chi connectivity index (χ1) is 10.2. The summed E-state index contributed by atoms with van der Waals surface area (Å²) in [6.45, 7) is 2.44. The van der Waals surface area contributed by atoms with Gasteiger partial charge < -0.3 is 5.32 Å². The topological polar surface area (TPSA) is 62.3 Å². The van der Waals surface area contributed by atoms with Crippen molar-refractivity contribution in [2.24, 2.45) is 0 Å². The minimum Gasteiger partial charge on any atom is -0.314 e. The molecule has 1 N–H and O–H groups in total. The maximum Gasteiger partial charge on any atom is 0.243 e. The molecule has 2 heterocycles. The van der Waals surface area contributed by atoms with Gasteiger partial charge in [-0.1, -0.05) is 18.2 Å². The van der Waals surface area contributed by atoms with Crippen LogP contribution in [0.4, 0.5) is 0 Å². The summed E-state index contributed by atoms with van der Waals surface area (Å²) in [5.41, 5.74) is 1.75. The Morgan fingerprint density at radius 1 is 1.00 bits per heavy atom. The minimum absolute atomic E-state index is 0.337. The summed E-state index contributed by atoms with van der Waals surface area (Å²) in [5.74, 6) is 0. The van der Waals surface area contributed by atoms with E-state index in [0.29, 0.717) is 31.1 Å². The third-order valence-corrected chi connectivity index (χ3v) is 5.44. The van der Waals surface area contributed by atoms with E-state index < -0.39 is 10.0 Å². The zero-order chi connectivity index (χ0) is 14.7.